The highest BCUT2D eigenvalue weighted by Gasteiger charge is 2.19. The molecule has 1 saturated heterocycles. The lowest BCUT2D eigenvalue weighted by atomic mass is 10.2. The molecule has 0 aliphatic carbocycles. The molecule has 1 unspecified atom stereocenters. The van der Waals surface area contributed by atoms with E-state index < -0.39 is 0 Å². The molecular weight excluding hydrogens is 320 g/mol. The summed E-state index contributed by atoms with van der Waals surface area (Å²) in [6.07, 6.45) is 1.22. The van der Waals surface area contributed by atoms with Gasteiger partial charge in [-0.15, -0.1) is 0 Å². The minimum Gasteiger partial charge on any atom is -0.380 e. The fourth-order valence-corrected chi connectivity index (χ4v) is 2.60. The van der Waals surface area contributed by atoms with Crippen molar-refractivity contribution in [3.8, 4) is 0 Å². The van der Waals surface area contributed by atoms with Gasteiger partial charge in [-0.3, -0.25) is 0 Å². The summed E-state index contributed by atoms with van der Waals surface area (Å²) in [6, 6.07) is 6.78. The van der Waals surface area contributed by atoms with E-state index in [-0.39, 0.29) is 0 Å². The van der Waals surface area contributed by atoms with Gasteiger partial charge in [0.1, 0.15) is 0 Å². The van der Waals surface area contributed by atoms with Crippen LogP contribution in [0.1, 0.15) is 6.42 Å². The predicted molar refractivity (Wildman–Crippen MR) is 71.4 cm³/mol. The van der Waals surface area contributed by atoms with Crippen LogP contribution in [0.2, 0.25) is 0 Å². The average Bonchev–Trinajstić information content (AvgIpc) is 2.58. The zero-order valence-corrected chi connectivity index (χ0v) is 11.8. The molecule has 82 valence electrons. The predicted octanol–water partition coefficient (Wildman–Crippen LogP) is 3.33. The van der Waals surface area contributed by atoms with E-state index in [2.05, 4.69) is 61.3 Å². The molecule has 1 aliphatic rings. The van der Waals surface area contributed by atoms with Gasteiger partial charge in [-0.1, -0.05) is 15.9 Å². The van der Waals surface area contributed by atoms with Crippen molar-refractivity contribution < 1.29 is 0 Å². The number of benzene rings is 1. The number of hydrogen-bond donors (Lipinski definition) is 1. The second-order valence-corrected chi connectivity index (χ2v) is 5.79. The van der Waals surface area contributed by atoms with Crippen molar-refractivity contribution >= 4 is 37.5 Å². The van der Waals surface area contributed by atoms with Gasteiger partial charge in [-0.05, 0) is 54.1 Å². The van der Waals surface area contributed by atoms with Gasteiger partial charge >= 0.3 is 0 Å². The molecule has 1 N–H and O–H groups in total. The summed E-state index contributed by atoms with van der Waals surface area (Å²) in [7, 11) is 2.16. The average molecular weight is 334 g/mol. The molecule has 4 heteroatoms. The molecule has 0 saturated carbocycles. The van der Waals surface area contributed by atoms with Crippen LogP contribution in [-0.4, -0.2) is 31.1 Å². The summed E-state index contributed by atoms with van der Waals surface area (Å²) in [5.41, 5.74) is 1.17. The molecular formula is C11H14Br2N2. The topological polar surface area (TPSA) is 15.3 Å². The maximum atomic E-state index is 3.56. The first kappa shape index (κ1) is 11.4. The second-order valence-electron chi connectivity index (χ2n) is 4.02. The summed E-state index contributed by atoms with van der Waals surface area (Å²) in [5, 5.41) is 3.56. The van der Waals surface area contributed by atoms with Crippen molar-refractivity contribution in [3.05, 3.63) is 27.1 Å². The molecule has 0 aromatic heterocycles. The second kappa shape index (κ2) is 4.85. The van der Waals surface area contributed by atoms with Gasteiger partial charge in [0.25, 0.3) is 0 Å². The van der Waals surface area contributed by atoms with Crippen LogP contribution in [0.25, 0.3) is 0 Å². The molecule has 1 aromatic rings. The lowest BCUT2D eigenvalue weighted by Crippen LogP contribution is -2.23. The number of nitrogens with zero attached hydrogens (tertiary/aromatic N) is 1. The van der Waals surface area contributed by atoms with E-state index >= 15 is 0 Å². The van der Waals surface area contributed by atoms with Crippen molar-refractivity contribution in [2.75, 3.05) is 25.5 Å². The lowest BCUT2D eigenvalue weighted by molar-refractivity contribution is 0.414. The van der Waals surface area contributed by atoms with E-state index in [9.17, 15) is 0 Å². The zero-order chi connectivity index (χ0) is 10.8. The molecule has 0 bridgehead atoms. The number of rotatable bonds is 2. The molecule has 1 aromatic carbocycles. The SMILES string of the molecule is CN1CCC(Nc2cc(Br)ccc2Br)C1. The van der Waals surface area contributed by atoms with Gasteiger partial charge in [0, 0.05) is 27.2 Å². The van der Waals surface area contributed by atoms with Gasteiger partial charge in [0.15, 0.2) is 0 Å². The highest BCUT2D eigenvalue weighted by atomic mass is 79.9. The molecule has 2 rings (SSSR count). The molecule has 1 heterocycles. The number of likely N-dealkylation sites (tertiary alicyclic amines) is 1. The molecule has 1 fully saturated rings. The molecule has 0 spiro atoms. The number of likely N-dealkylation sites (N-methyl/N-ethyl adjacent to an activating group) is 1. The Balaban J connectivity index is 2.07. The molecule has 1 aliphatic heterocycles. The lowest BCUT2D eigenvalue weighted by Gasteiger charge is -2.15. The number of anilines is 1. The Kier molecular flexibility index (Phi) is 3.69. The molecule has 2 nitrogen and oxygen atoms in total. The fourth-order valence-electron chi connectivity index (χ4n) is 1.88. The normalized spacial score (nSPS) is 21.9. The number of hydrogen-bond acceptors (Lipinski definition) is 2. The smallest absolute Gasteiger partial charge is 0.0498 e. The summed E-state index contributed by atoms with van der Waals surface area (Å²) in [6.45, 7) is 2.31. The van der Waals surface area contributed by atoms with Crippen molar-refractivity contribution in [3.63, 3.8) is 0 Å². The zero-order valence-electron chi connectivity index (χ0n) is 8.63. The van der Waals surface area contributed by atoms with Gasteiger partial charge in [0.05, 0.1) is 0 Å². The van der Waals surface area contributed by atoms with Gasteiger partial charge in [-0.25, -0.2) is 0 Å². The standard InChI is InChI=1S/C11H14Br2N2/c1-15-5-4-9(7-15)14-11-6-8(12)2-3-10(11)13/h2-3,6,9,14H,4-5,7H2,1H3. The van der Waals surface area contributed by atoms with Crippen LogP contribution in [0.5, 0.6) is 0 Å². The summed E-state index contributed by atoms with van der Waals surface area (Å²) in [5.74, 6) is 0. The monoisotopic (exact) mass is 332 g/mol. The maximum Gasteiger partial charge on any atom is 0.0498 e. The molecule has 0 amide bonds. The van der Waals surface area contributed by atoms with Crippen molar-refractivity contribution in [1.29, 1.82) is 0 Å². The van der Waals surface area contributed by atoms with Crippen molar-refractivity contribution in [2.24, 2.45) is 0 Å². The molecule has 15 heavy (non-hydrogen) atoms. The van der Waals surface area contributed by atoms with Gasteiger partial charge in [0.2, 0.25) is 0 Å². The van der Waals surface area contributed by atoms with Crippen LogP contribution in [0.4, 0.5) is 5.69 Å². The van der Waals surface area contributed by atoms with Crippen LogP contribution in [0.15, 0.2) is 27.1 Å². The van der Waals surface area contributed by atoms with Crippen LogP contribution in [0.3, 0.4) is 0 Å². The Hall–Kier alpha value is -0.0600. The Labute approximate surface area is 107 Å². The van der Waals surface area contributed by atoms with Crippen molar-refractivity contribution in [2.45, 2.75) is 12.5 Å². The third-order valence-electron chi connectivity index (χ3n) is 2.68. The third kappa shape index (κ3) is 2.95. The van der Waals surface area contributed by atoms with Crippen LogP contribution >= 0.6 is 31.9 Å². The highest BCUT2D eigenvalue weighted by molar-refractivity contribution is 9.11. The third-order valence-corrected chi connectivity index (χ3v) is 3.86. The Bertz CT molecular complexity index is 354. The van der Waals surface area contributed by atoms with E-state index in [0.29, 0.717) is 6.04 Å². The highest BCUT2D eigenvalue weighted by Crippen LogP contribution is 2.27. The minimum atomic E-state index is 0.570. The van der Waals surface area contributed by atoms with Crippen molar-refractivity contribution in [1.82, 2.24) is 4.90 Å². The number of halogens is 2. The maximum absolute atomic E-state index is 3.56. The Morgan fingerprint density at radius 1 is 1.40 bits per heavy atom. The fraction of sp³-hybridized carbons (Fsp3) is 0.455. The Morgan fingerprint density at radius 2 is 2.20 bits per heavy atom. The van der Waals surface area contributed by atoms with E-state index in [1.807, 2.05) is 6.07 Å². The van der Waals surface area contributed by atoms with Gasteiger partial charge < -0.3 is 10.2 Å². The minimum absolute atomic E-state index is 0.570. The van der Waals surface area contributed by atoms with Gasteiger partial charge in [-0.2, -0.15) is 0 Å². The van der Waals surface area contributed by atoms with E-state index in [4.69, 9.17) is 0 Å². The van der Waals surface area contributed by atoms with E-state index in [0.717, 1.165) is 15.5 Å². The van der Waals surface area contributed by atoms with Crippen LogP contribution < -0.4 is 5.32 Å². The molecule has 0 radical (unpaired) electrons. The first-order valence-corrected chi connectivity index (χ1v) is 6.64. The largest absolute Gasteiger partial charge is 0.380 e. The van der Waals surface area contributed by atoms with E-state index in [1.54, 1.807) is 0 Å². The molecule has 1 atom stereocenters. The first-order chi connectivity index (χ1) is 7.15. The van der Waals surface area contributed by atoms with Crippen LogP contribution in [0, 0.1) is 0 Å². The quantitative estimate of drug-likeness (QED) is 0.893. The summed E-state index contributed by atoms with van der Waals surface area (Å²) < 4.78 is 2.24. The van der Waals surface area contributed by atoms with E-state index in [1.165, 1.54) is 18.7 Å². The Morgan fingerprint density at radius 3 is 2.87 bits per heavy atom. The summed E-state index contributed by atoms with van der Waals surface area (Å²) in [4.78, 5) is 2.35. The number of nitrogens with one attached hydrogen (secondary N) is 1. The summed E-state index contributed by atoms with van der Waals surface area (Å²) >= 11 is 7.04. The first-order valence-electron chi connectivity index (χ1n) is 5.05. The van der Waals surface area contributed by atoms with Crippen LogP contribution in [-0.2, 0) is 0 Å².